The first-order valence-corrected chi connectivity index (χ1v) is 24.8. The van der Waals surface area contributed by atoms with Gasteiger partial charge in [-0.3, -0.25) is 38.4 Å². The van der Waals surface area contributed by atoms with E-state index in [1.54, 1.807) is 30.3 Å². The van der Waals surface area contributed by atoms with Crippen LogP contribution in [-0.4, -0.2) is 164 Å². The molecule has 15 atom stereocenters. The van der Waals surface area contributed by atoms with Gasteiger partial charge in [-0.1, -0.05) is 67.6 Å². The van der Waals surface area contributed by atoms with Gasteiger partial charge >= 0.3 is 41.8 Å². The Balaban J connectivity index is 1.71. The second-order valence-corrected chi connectivity index (χ2v) is 18.6. The van der Waals surface area contributed by atoms with Gasteiger partial charge in [-0.25, -0.2) is 0 Å². The standard InChI is InChI=1S/C50H65NO22S/c1-10-74-50-47(68-33(9)59)45(42(65-30(6)56)38(71-50)25-62-28(4)54)73-48-39(51-26(2)52)43(63-22-35-19-15-12-16-20-35)40(36(69-48)23-60-21-34-17-13-11-14-18-34)72-49-46(67-32(8)58)44(66-31(7)57)41(64-29(5)55)37(70-49)24-61-27(3)53/h11-20,36-50H,10,21-25H2,1-9H3,(H,51,52)/t36-,37-,38-,39-,40-,41+,42+,43-,44+,45+,46-,47-,48+,49+,50+/m1/s1. The van der Waals surface area contributed by atoms with E-state index in [4.69, 9.17) is 66.3 Å². The molecule has 0 aliphatic carbocycles. The summed E-state index contributed by atoms with van der Waals surface area (Å²) in [6.45, 7) is 9.42. The molecule has 5 rings (SSSR count). The summed E-state index contributed by atoms with van der Waals surface area (Å²) in [4.78, 5) is 102. The van der Waals surface area contributed by atoms with E-state index in [-0.39, 0.29) is 19.8 Å². The Morgan fingerprint density at radius 3 is 1.43 bits per heavy atom. The normalized spacial score (nSPS) is 29.6. The van der Waals surface area contributed by atoms with Crippen molar-refractivity contribution in [2.45, 2.75) is 167 Å². The Labute approximate surface area is 432 Å². The Morgan fingerprint density at radius 2 is 0.919 bits per heavy atom. The fraction of sp³-hybridized carbons (Fsp3) is 0.600. The van der Waals surface area contributed by atoms with E-state index in [9.17, 15) is 38.4 Å². The van der Waals surface area contributed by atoms with Crippen LogP contribution in [0.4, 0.5) is 0 Å². The zero-order valence-electron chi connectivity index (χ0n) is 42.6. The van der Waals surface area contributed by atoms with Crippen molar-refractivity contribution in [3.05, 3.63) is 71.8 Å². The van der Waals surface area contributed by atoms with E-state index < -0.39 is 152 Å². The third kappa shape index (κ3) is 17.7. The molecule has 0 radical (unpaired) electrons. The molecule has 3 heterocycles. The van der Waals surface area contributed by atoms with Gasteiger partial charge in [0.2, 0.25) is 5.91 Å². The minimum atomic E-state index is -1.79. The first-order valence-electron chi connectivity index (χ1n) is 23.8. The lowest BCUT2D eigenvalue weighted by atomic mass is 9.94. The number of hydrogen-bond acceptors (Lipinski definition) is 23. The van der Waals surface area contributed by atoms with Crippen LogP contribution in [0, 0.1) is 0 Å². The van der Waals surface area contributed by atoms with Crippen LogP contribution in [0.1, 0.15) is 73.4 Å². The molecule has 0 bridgehead atoms. The van der Waals surface area contributed by atoms with Crippen LogP contribution >= 0.6 is 11.8 Å². The molecule has 3 saturated heterocycles. The lowest BCUT2D eigenvalue weighted by Crippen LogP contribution is -2.70. The van der Waals surface area contributed by atoms with Gasteiger partial charge in [-0.2, -0.15) is 0 Å². The topological polar surface area (TPSA) is 278 Å². The average Bonchev–Trinajstić information content (AvgIpc) is 3.32. The molecule has 3 aliphatic rings. The van der Waals surface area contributed by atoms with Crippen molar-refractivity contribution in [3.8, 4) is 0 Å². The molecule has 74 heavy (non-hydrogen) atoms. The summed E-state index contributed by atoms with van der Waals surface area (Å²) in [6.07, 6.45) is -19.4. The quantitative estimate of drug-likeness (QED) is 0.124. The summed E-state index contributed by atoms with van der Waals surface area (Å²) in [7, 11) is 0. The van der Waals surface area contributed by atoms with Gasteiger partial charge in [0.25, 0.3) is 0 Å². The highest BCUT2D eigenvalue weighted by atomic mass is 32.2. The van der Waals surface area contributed by atoms with E-state index >= 15 is 0 Å². The molecule has 2 aromatic carbocycles. The zero-order valence-corrected chi connectivity index (χ0v) is 43.4. The third-order valence-electron chi connectivity index (χ3n) is 11.2. The fourth-order valence-corrected chi connectivity index (χ4v) is 9.41. The molecule has 0 spiro atoms. The fourth-order valence-electron chi connectivity index (χ4n) is 8.46. The van der Waals surface area contributed by atoms with Crippen LogP contribution in [0.3, 0.4) is 0 Å². The molecule has 408 valence electrons. The molecule has 3 aliphatic heterocycles. The van der Waals surface area contributed by atoms with Crippen molar-refractivity contribution in [1.82, 2.24) is 5.32 Å². The van der Waals surface area contributed by atoms with Crippen molar-refractivity contribution in [2.24, 2.45) is 0 Å². The highest BCUT2D eigenvalue weighted by molar-refractivity contribution is 7.99. The summed E-state index contributed by atoms with van der Waals surface area (Å²) >= 11 is 1.22. The van der Waals surface area contributed by atoms with Gasteiger partial charge in [0.1, 0.15) is 61.3 Å². The minimum absolute atomic E-state index is 0.0272. The molecule has 0 aromatic heterocycles. The van der Waals surface area contributed by atoms with Crippen molar-refractivity contribution in [1.29, 1.82) is 0 Å². The average molecular weight is 1060 g/mol. The maximum atomic E-state index is 13.5. The Bertz CT molecular complexity index is 2200. The maximum absolute atomic E-state index is 13.5. The maximum Gasteiger partial charge on any atom is 0.303 e. The number of rotatable bonds is 23. The van der Waals surface area contributed by atoms with Crippen molar-refractivity contribution in [2.75, 3.05) is 25.6 Å². The van der Waals surface area contributed by atoms with Crippen LogP contribution in [-0.2, 0) is 118 Å². The van der Waals surface area contributed by atoms with Crippen molar-refractivity contribution < 1.29 is 105 Å². The molecule has 1 amide bonds. The molecule has 1 N–H and O–H groups in total. The lowest BCUT2D eigenvalue weighted by molar-refractivity contribution is -0.363. The highest BCUT2D eigenvalue weighted by Crippen LogP contribution is 2.39. The van der Waals surface area contributed by atoms with Gasteiger partial charge in [0.15, 0.2) is 43.1 Å². The number of ether oxygens (including phenoxy) is 14. The number of esters is 7. The number of carbonyl (C=O) groups excluding carboxylic acids is 8. The van der Waals surface area contributed by atoms with Crippen LogP contribution in [0.5, 0.6) is 0 Å². The molecule has 0 unspecified atom stereocenters. The Morgan fingerprint density at radius 1 is 0.473 bits per heavy atom. The monoisotopic (exact) mass is 1060 g/mol. The van der Waals surface area contributed by atoms with Crippen LogP contribution in [0.25, 0.3) is 0 Å². The summed E-state index contributed by atoms with van der Waals surface area (Å²) in [5.41, 5.74) is 0.413. The zero-order chi connectivity index (χ0) is 54.1. The largest absolute Gasteiger partial charge is 0.463 e. The molecular formula is C50H65NO22S. The summed E-state index contributed by atoms with van der Waals surface area (Å²) in [5.74, 6) is -5.83. The second kappa shape index (κ2) is 28.8. The molecule has 3 fully saturated rings. The first kappa shape index (κ1) is 59.2. The van der Waals surface area contributed by atoms with Gasteiger partial charge < -0.3 is 71.6 Å². The minimum Gasteiger partial charge on any atom is -0.463 e. The molecule has 23 nitrogen and oxygen atoms in total. The SMILES string of the molecule is CCS[C@@H]1O[C@H](COC(C)=O)[C@H](OC(C)=O)[C@H](O[C@@H]2O[C@H](COCc3ccccc3)[C@@H](O[C@@H]3O[C@H](COC(C)=O)[C@H](OC(C)=O)[C@H](OC(C)=O)[C@H]3OC(C)=O)[C@H](OCc3ccccc3)[C@H]2NC(C)=O)[C@H]1OC(C)=O. The number of thioether (sulfide) groups is 1. The third-order valence-corrected chi connectivity index (χ3v) is 12.2. The van der Waals surface area contributed by atoms with E-state index in [1.807, 2.05) is 37.3 Å². The second-order valence-electron chi connectivity index (χ2n) is 17.2. The van der Waals surface area contributed by atoms with Gasteiger partial charge in [0.05, 0.1) is 19.8 Å². The smallest absolute Gasteiger partial charge is 0.303 e. The lowest BCUT2D eigenvalue weighted by Gasteiger charge is -2.51. The van der Waals surface area contributed by atoms with E-state index in [0.29, 0.717) is 11.3 Å². The van der Waals surface area contributed by atoms with Crippen molar-refractivity contribution >= 4 is 59.5 Å². The predicted molar refractivity (Wildman–Crippen MR) is 254 cm³/mol. The van der Waals surface area contributed by atoms with E-state index in [2.05, 4.69) is 5.32 Å². The van der Waals surface area contributed by atoms with Crippen molar-refractivity contribution in [3.63, 3.8) is 0 Å². The summed E-state index contributed by atoms with van der Waals surface area (Å²) < 4.78 is 85.8. The van der Waals surface area contributed by atoms with E-state index in [0.717, 1.165) is 47.1 Å². The molecule has 2 aromatic rings. The highest BCUT2D eigenvalue weighted by Gasteiger charge is 2.59. The Hall–Kier alpha value is -5.73. The number of carbonyl (C=O) groups is 8. The van der Waals surface area contributed by atoms with Gasteiger partial charge in [-0.15, -0.1) is 11.8 Å². The Kier molecular flexibility index (Phi) is 23.0. The summed E-state index contributed by atoms with van der Waals surface area (Å²) in [5, 5.41) is 2.86. The molecule has 24 heteroatoms. The number of hydrogen-bond donors (Lipinski definition) is 1. The number of nitrogens with one attached hydrogen (secondary N) is 1. The first-order chi connectivity index (χ1) is 35.2. The molecular weight excluding hydrogens is 999 g/mol. The molecule has 0 saturated carbocycles. The van der Waals surface area contributed by atoms with Gasteiger partial charge in [-0.05, 0) is 16.9 Å². The van der Waals surface area contributed by atoms with Crippen LogP contribution in [0.2, 0.25) is 0 Å². The van der Waals surface area contributed by atoms with Gasteiger partial charge in [0, 0.05) is 55.4 Å². The number of benzene rings is 2. The van der Waals surface area contributed by atoms with Crippen LogP contribution in [0.15, 0.2) is 60.7 Å². The number of amides is 1. The predicted octanol–water partition coefficient (Wildman–Crippen LogP) is 2.78. The van der Waals surface area contributed by atoms with Crippen LogP contribution < -0.4 is 5.32 Å². The summed E-state index contributed by atoms with van der Waals surface area (Å²) in [6, 6.07) is 16.6. The van der Waals surface area contributed by atoms with E-state index in [1.165, 1.54) is 25.6 Å².